The Labute approximate surface area is 108 Å². The van der Waals surface area contributed by atoms with Crippen molar-refractivity contribution in [3.05, 3.63) is 27.7 Å². The Bertz CT molecular complexity index is 546. The summed E-state index contributed by atoms with van der Waals surface area (Å²) < 4.78 is 57.6. The van der Waals surface area contributed by atoms with Crippen molar-refractivity contribution in [2.45, 2.75) is 13.3 Å². The topological polar surface area (TPSA) is 91.6 Å². The van der Waals surface area contributed by atoms with Crippen LogP contribution in [0.3, 0.4) is 0 Å². The van der Waals surface area contributed by atoms with E-state index in [0.29, 0.717) is 0 Å². The number of carbonyl (C=O) groups excluding carboxylic acids is 1. The molecule has 0 fully saturated rings. The molecule has 20 heavy (non-hydrogen) atoms. The highest BCUT2D eigenvalue weighted by atomic mass is 19.4. The van der Waals surface area contributed by atoms with Crippen molar-refractivity contribution in [1.29, 1.82) is 0 Å². The monoisotopic (exact) mass is 298 g/mol. The van der Waals surface area contributed by atoms with Crippen molar-refractivity contribution in [2.75, 3.05) is 6.61 Å². The highest BCUT2D eigenvalue weighted by Crippen LogP contribution is 2.31. The minimum atomic E-state index is -5.27. The van der Waals surface area contributed by atoms with Crippen molar-refractivity contribution < 1.29 is 36.8 Å². The molecule has 0 spiro atoms. The molecule has 1 aromatic rings. The zero-order valence-electron chi connectivity index (χ0n) is 9.73. The van der Waals surface area contributed by atoms with Crippen molar-refractivity contribution >= 4 is 11.8 Å². The van der Waals surface area contributed by atoms with Crippen molar-refractivity contribution in [2.24, 2.45) is 0 Å². The zero-order valence-corrected chi connectivity index (χ0v) is 9.73. The van der Waals surface area contributed by atoms with Gasteiger partial charge in [0.25, 0.3) is 0 Å². The van der Waals surface area contributed by atoms with Crippen molar-refractivity contribution in [1.82, 2.24) is 4.98 Å². The first-order valence-electron chi connectivity index (χ1n) is 4.93. The summed E-state index contributed by atoms with van der Waals surface area (Å²) in [6, 6.07) is 0.183. The second-order valence-corrected chi connectivity index (χ2v) is 3.17. The van der Waals surface area contributed by atoms with Gasteiger partial charge in [-0.1, -0.05) is 0 Å². The molecular weight excluding hydrogens is 292 g/mol. The molecule has 0 N–H and O–H groups in total. The number of alkyl halides is 3. The average molecular weight is 298 g/mol. The summed E-state index contributed by atoms with van der Waals surface area (Å²) in [5, 5.41) is 10.4. The molecule has 0 unspecified atom stereocenters. The molecule has 0 radical (unpaired) electrons. The smallest absolute Gasteiger partial charge is 0.462 e. The fourth-order valence-corrected chi connectivity index (χ4v) is 1.17. The molecule has 7 nitrogen and oxygen atoms in total. The number of halogens is 4. The third-order valence-electron chi connectivity index (χ3n) is 1.82. The lowest BCUT2D eigenvalue weighted by molar-refractivity contribution is -0.390. The van der Waals surface area contributed by atoms with Gasteiger partial charge in [0, 0.05) is 0 Å². The minimum Gasteiger partial charge on any atom is -0.462 e. The lowest BCUT2D eigenvalue weighted by Gasteiger charge is -2.11. The largest absolute Gasteiger partial charge is 0.573 e. The van der Waals surface area contributed by atoms with Gasteiger partial charge in [-0.05, 0) is 16.8 Å². The molecule has 0 saturated carbocycles. The van der Waals surface area contributed by atoms with E-state index in [4.69, 9.17) is 0 Å². The van der Waals surface area contributed by atoms with Crippen LogP contribution in [-0.2, 0) is 4.74 Å². The van der Waals surface area contributed by atoms with Crippen LogP contribution in [0.2, 0.25) is 0 Å². The molecule has 0 atom stereocenters. The number of rotatable bonds is 4. The van der Waals surface area contributed by atoms with Crippen LogP contribution in [0.1, 0.15) is 17.3 Å². The van der Waals surface area contributed by atoms with E-state index in [1.54, 1.807) is 0 Å². The molecule has 0 saturated heterocycles. The van der Waals surface area contributed by atoms with E-state index in [-0.39, 0.29) is 12.7 Å². The third-order valence-corrected chi connectivity index (χ3v) is 1.82. The maximum atomic E-state index is 13.5. The van der Waals surface area contributed by atoms with E-state index < -0.39 is 40.3 Å². The van der Waals surface area contributed by atoms with Crippen LogP contribution in [0, 0.1) is 16.1 Å². The average Bonchev–Trinajstić information content (AvgIpc) is 2.25. The van der Waals surface area contributed by atoms with Gasteiger partial charge in [0.1, 0.15) is 0 Å². The van der Waals surface area contributed by atoms with E-state index in [9.17, 15) is 32.5 Å². The Morgan fingerprint density at radius 3 is 2.55 bits per heavy atom. The molecule has 1 heterocycles. The van der Waals surface area contributed by atoms with E-state index >= 15 is 0 Å². The minimum absolute atomic E-state index is 0.183. The normalized spacial score (nSPS) is 11.1. The fraction of sp³-hybridized carbons (Fsp3) is 0.333. The molecule has 110 valence electrons. The fourth-order valence-electron chi connectivity index (χ4n) is 1.17. The first kappa shape index (κ1) is 15.6. The number of hydrogen-bond acceptors (Lipinski definition) is 6. The number of pyridine rings is 1. The molecule has 1 rings (SSSR count). The van der Waals surface area contributed by atoms with Gasteiger partial charge in [-0.25, -0.2) is 4.79 Å². The second-order valence-electron chi connectivity index (χ2n) is 3.17. The molecular formula is C9H6F4N2O5. The van der Waals surface area contributed by atoms with Crippen molar-refractivity contribution in [3.63, 3.8) is 0 Å². The van der Waals surface area contributed by atoms with Gasteiger partial charge < -0.3 is 19.6 Å². The summed E-state index contributed by atoms with van der Waals surface area (Å²) >= 11 is 0. The quantitative estimate of drug-likeness (QED) is 0.278. The second kappa shape index (κ2) is 5.67. The van der Waals surface area contributed by atoms with Gasteiger partial charge in [-0.2, -0.15) is 4.39 Å². The van der Waals surface area contributed by atoms with Crippen LogP contribution in [0.5, 0.6) is 5.75 Å². The molecule has 0 bridgehead atoms. The van der Waals surface area contributed by atoms with Crippen LogP contribution in [0.15, 0.2) is 6.07 Å². The van der Waals surface area contributed by atoms with Gasteiger partial charge in [0.15, 0.2) is 11.3 Å². The Hall–Kier alpha value is -2.46. The molecule has 11 heteroatoms. The third kappa shape index (κ3) is 3.76. The first-order valence-corrected chi connectivity index (χ1v) is 4.93. The summed E-state index contributed by atoms with van der Waals surface area (Å²) in [5.74, 6) is -5.91. The maximum absolute atomic E-state index is 13.5. The lowest BCUT2D eigenvalue weighted by atomic mass is 10.2. The number of ether oxygens (including phenoxy) is 2. The molecule has 0 aliphatic rings. The molecule has 0 amide bonds. The number of aromatic nitrogens is 1. The summed E-state index contributed by atoms with van der Waals surface area (Å²) in [6.45, 7) is 1.08. The predicted molar refractivity (Wildman–Crippen MR) is 53.5 cm³/mol. The van der Waals surface area contributed by atoms with Crippen LogP contribution >= 0.6 is 0 Å². The number of nitrogens with zero attached hydrogens (tertiary/aromatic N) is 2. The number of hydrogen-bond donors (Lipinski definition) is 0. The Morgan fingerprint density at radius 1 is 1.50 bits per heavy atom. The first-order chi connectivity index (χ1) is 9.15. The predicted octanol–water partition coefficient (Wildman–Crippen LogP) is 2.20. The van der Waals surface area contributed by atoms with Gasteiger partial charge in [-0.15, -0.1) is 13.2 Å². The van der Waals surface area contributed by atoms with Gasteiger partial charge >= 0.3 is 24.1 Å². The number of esters is 1. The van der Waals surface area contributed by atoms with Crippen LogP contribution in [0.4, 0.5) is 23.4 Å². The molecule has 0 aliphatic heterocycles. The highest BCUT2D eigenvalue weighted by Gasteiger charge is 2.37. The standard InChI is InChI=1S/C9H6F4N2O5/c1-2-19-8(16)6-4(20-9(11,12)13)3-5(15(17)18)14-7(6)10/h3H,2H2,1H3. The van der Waals surface area contributed by atoms with E-state index in [1.807, 2.05) is 0 Å². The van der Waals surface area contributed by atoms with Crippen LogP contribution in [-0.4, -0.2) is 28.8 Å². The Kier molecular flexibility index (Phi) is 4.42. The van der Waals surface area contributed by atoms with Gasteiger partial charge in [-0.3, -0.25) is 0 Å². The molecule has 0 aromatic carbocycles. The number of carbonyl (C=O) groups is 1. The molecule has 0 aliphatic carbocycles. The Morgan fingerprint density at radius 2 is 2.10 bits per heavy atom. The summed E-state index contributed by atoms with van der Waals surface area (Å²) in [4.78, 5) is 23.3. The van der Waals surface area contributed by atoms with Crippen molar-refractivity contribution in [3.8, 4) is 5.75 Å². The molecule has 1 aromatic heterocycles. The lowest BCUT2D eigenvalue weighted by Crippen LogP contribution is -2.21. The number of nitro groups is 1. The SMILES string of the molecule is CCOC(=O)c1c(OC(F)(F)F)cc([N+](=O)[O-])nc1F. The van der Waals surface area contributed by atoms with E-state index in [2.05, 4.69) is 14.5 Å². The summed E-state index contributed by atoms with van der Waals surface area (Å²) in [5.41, 5.74) is -1.27. The van der Waals surface area contributed by atoms with Gasteiger partial charge in [0.2, 0.25) is 0 Å². The summed E-state index contributed by atoms with van der Waals surface area (Å²) in [6.07, 6.45) is -5.27. The maximum Gasteiger partial charge on any atom is 0.573 e. The zero-order chi connectivity index (χ0) is 15.5. The van der Waals surface area contributed by atoms with Gasteiger partial charge in [0.05, 0.1) is 12.7 Å². The highest BCUT2D eigenvalue weighted by molar-refractivity contribution is 5.92. The van der Waals surface area contributed by atoms with E-state index in [1.165, 1.54) is 6.92 Å². The Balaban J connectivity index is 3.40. The van der Waals surface area contributed by atoms with Crippen LogP contribution in [0.25, 0.3) is 0 Å². The van der Waals surface area contributed by atoms with E-state index in [0.717, 1.165) is 0 Å². The van der Waals surface area contributed by atoms with Crippen LogP contribution < -0.4 is 4.74 Å². The summed E-state index contributed by atoms with van der Waals surface area (Å²) in [7, 11) is 0.